The van der Waals surface area contributed by atoms with Gasteiger partial charge in [0.15, 0.2) is 0 Å². The van der Waals surface area contributed by atoms with E-state index in [1.165, 1.54) is 4.88 Å². The van der Waals surface area contributed by atoms with Crippen molar-refractivity contribution >= 4 is 38.1 Å². The third kappa shape index (κ3) is 2.92. The highest BCUT2D eigenvalue weighted by molar-refractivity contribution is 7.92. The number of hydrogen-bond donors (Lipinski definition) is 2. The summed E-state index contributed by atoms with van der Waals surface area (Å²) < 4.78 is 28.1. The number of nitrogens with one attached hydrogen (secondary N) is 2. The molecule has 0 saturated heterocycles. The van der Waals surface area contributed by atoms with Crippen molar-refractivity contribution in [2.75, 3.05) is 4.72 Å². The Labute approximate surface area is 149 Å². The van der Waals surface area contributed by atoms with Gasteiger partial charge in [0.05, 0.1) is 16.0 Å². The number of nitrogens with zero attached hydrogens (tertiary/aromatic N) is 1. The van der Waals surface area contributed by atoms with E-state index < -0.39 is 10.0 Å². The first-order chi connectivity index (χ1) is 12.0. The van der Waals surface area contributed by atoms with Crippen molar-refractivity contribution in [3.05, 3.63) is 65.8 Å². The van der Waals surface area contributed by atoms with E-state index in [1.807, 2.05) is 25.3 Å². The normalized spacial score (nSPS) is 11.7. The van der Waals surface area contributed by atoms with Crippen LogP contribution in [0.5, 0.6) is 0 Å². The molecule has 0 saturated carbocycles. The van der Waals surface area contributed by atoms with Crippen molar-refractivity contribution in [3.63, 3.8) is 0 Å². The lowest BCUT2D eigenvalue weighted by atomic mass is 10.1. The number of thiophene rings is 1. The Morgan fingerprint density at radius 1 is 1.08 bits per heavy atom. The van der Waals surface area contributed by atoms with Gasteiger partial charge in [0, 0.05) is 27.7 Å². The lowest BCUT2D eigenvalue weighted by Crippen LogP contribution is -2.13. The van der Waals surface area contributed by atoms with Crippen LogP contribution in [0.3, 0.4) is 0 Å². The Morgan fingerprint density at radius 3 is 2.60 bits per heavy atom. The molecule has 3 aromatic heterocycles. The van der Waals surface area contributed by atoms with E-state index >= 15 is 0 Å². The second kappa shape index (κ2) is 6.02. The van der Waals surface area contributed by atoms with Gasteiger partial charge in [-0.3, -0.25) is 4.72 Å². The maximum Gasteiger partial charge on any atom is 0.261 e. The molecule has 0 radical (unpaired) electrons. The topological polar surface area (TPSA) is 74.8 Å². The van der Waals surface area contributed by atoms with Crippen LogP contribution in [0.25, 0.3) is 21.5 Å². The summed E-state index contributed by atoms with van der Waals surface area (Å²) in [4.78, 5) is 9.92. The molecule has 0 fully saturated rings. The van der Waals surface area contributed by atoms with Gasteiger partial charge in [-0.1, -0.05) is 18.2 Å². The van der Waals surface area contributed by atoms with E-state index in [1.54, 1.807) is 53.9 Å². The fourth-order valence-electron chi connectivity index (χ4n) is 2.72. The molecule has 25 heavy (non-hydrogen) atoms. The fraction of sp³-hybridized carbons (Fsp3) is 0.0556. The van der Waals surface area contributed by atoms with E-state index in [0.29, 0.717) is 11.3 Å². The van der Waals surface area contributed by atoms with Crippen LogP contribution in [-0.2, 0) is 10.0 Å². The van der Waals surface area contributed by atoms with Crippen molar-refractivity contribution in [2.24, 2.45) is 0 Å². The monoisotopic (exact) mass is 369 g/mol. The van der Waals surface area contributed by atoms with Crippen LogP contribution in [0.4, 0.5) is 5.69 Å². The van der Waals surface area contributed by atoms with E-state index in [4.69, 9.17) is 0 Å². The third-order valence-electron chi connectivity index (χ3n) is 3.88. The predicted molar refractivity (Wildman–Crippen MR) is 101 cm³/mol. The van der Waals surface area contributed by atoms with Crippen LogP contribution in [0.15, 0.2) is 65.8 Å². The zero-order chi connectivity index (χ0) is 17.4. The Bertz CT molecular complexity index is 1150. The third-order valence-corrected chi connectivity index (χ3v) is 6.29. The summed E-state index contributed by atoms with van der Waals surface area (Å²) in [6.45, 7) is 2.04. The van der Waals surface area contributed by atoms with Crippen LogP contribution in [0.1, 0.15) is 4.88 Å². The van der Waals surface area contributed by atoms with Crippen LogP contribution in [-0.4, -0.2) is 18.4 Å². The molecule has 0 bridgehead atoms. The SMILES string of the molecule is Cc1ccc(-c2c[nH]c3nccc(NS(=O)(=O)c4ccccc4)c23)s1. The number of H-pyrrole nitrogens is 1. The molecule has 0 spiro atoms. The van der Waals surface area contributed by atoms with Crippen molar-refractivity contribution in [3.8, 4) is 10.4 Å². The van der Waals surface area contributed by atoms with E-state index in [2.05, 4.69) is 14.7 Å². The molecule has 1 aromatic carbocycles. The highest BCUT2D eigenvalue weighted by atomic mass is 32.2. The van der Waals surface area contributed by atoms with E-state index in [-0.39, 0.29) is 4.90 Å². The summed E-state index contributed by atoms with van der Waals surface area (Å²) in [5.74, 6) is 0. The first kappa shape index (κ1) is 15.9. The highest BCUT2D eigenvalue weighted by Gasteiger charge is 2.18. The van der Waals surface area contributed by atoms with Gasteiger partial charge in [0.2, 0.25) is 0 Å². The number of hydrogen-bond acceptors (Lipinski definition) is 4. The number of sulfonamides is 1. The molecule has 4 rings (SSSR count). The smallest absolute Gasteiger partial charge is 0.261 e. The number of benzene rings is 1. The number of aromatic amines is 1. The first-order valence-corrected chi connectivity index (χ1v) is 9.95. The van der Waals surface area contributed by atoms with Gasteiger partial charge in [-0.15, -0.1) is 11.3 Å². The Hall–Kier alpha value is -2.64. The molecule has 0 amide bonds. The Morgan fingerprint density at radius 2 is 1.88 bits per heavy atom. The number of aryl methyl sites for hydroxylation is 1. The molecule has 0 aliphatic rings. The van der Waals surface area contributed by atoms with Gasteiger partial charge >= 0.3 is 0 Å². The molecule has 3 heterocycles. The molecular formula is C18H15N3O2S2. The van der Waals surface area contributed by atoms with Crippen LogP contribution >= 0.6 is 11.3 Å². The second-order valence-corrected chi connectivity index (χ2v) is 8.58. The fourth-order valence-corrected chi connectivity index (χ4v) is 4.70. The average molecular weight is 369 g/mol. The molecule has 2 N–H and O–H groups in total. The zero-order valence-electron chi connectivity index (χ0n) is 13.4. The average Bonchev–Trinajstić information content (AvgIpc) is 3.22. The summed E-state index contributed by atoms with van der Waals surface area (Å²) in [5.41, 5.74) is 2.09. The minimum atomic E-state index is -3.66. The molecule has 7 heteroatoms. The van der Waals surface area contributed by atoms with Crippen LogP contribution in [0, 0.1) is 6.92 Å². The summed E-state index contributed by atoms with van der Waals surface area (Å²) >= 11 is 1.66. The summed E-state index contributed by atoms with van der Waals surface area (Å²) in [5, 5.41) is 0.767. The lowest BCUT2D eigenvalue weighted by molar-refractivity contribution is 0.601. The molecule has 0 unspecified atom stereocenters. The summed E-state index contributed by atoms with van der Waals surface area (Å²) in [6, 6.07) is 14.1. The minimum absolute atomic E-state index is 0.226. The Balaban J connectivity index is 1.84. The number of fused-ring (bicyclic) bond motifs is 1. The quantitative estimate of drug-likeness (QED) is 0.560. The lowest BCUT2D eigenvalue weighted by Gasteiger charge is -2.10. The van der Waals surface area contributed by atoms with Gasteiger partial charge in [-0.25, -0.2) is 13.4 Å². The standard InChI is InChI=1S/C18H15N3O2S2/c1-12-7-8-16(24-12)14-11-20-18-17(14)15(9-10-19-18)21-25(22,23)13-5-3-2-4-6-13/h2-11H,1H3,(H2,19,20,21). The maximum absolute atomic E-state index is 12.7. The minimum Gasteiger partial charge on any atom is -0.345 e. The first-order valence-electron chi connectivity index (χ1n) is 7.65. The molecule has 0 atom stereocenters. The van der Waals surface area contributed by atoms with Crippen LogP contribution in [0.2, 0.25) is 0 Å². The van der Waals surface area contributed by atoms with Gasteiger partial charge < -0.3 is 4.98 Å². The number of pyridine rings is 1. The number of aromatic nitrogens is 2. The molecule has 126 valence electrons. The molecular weight excluding hydrogens is 354 g/mol. The second-order valence-electron chi connectivity index (χ2n) is 5.61. The van der Waals surface area contributed by atoms with Gasteiger partial charge in [-0.05, 0) is 37.3 Å². The molecule has 0 aliphatic heterocycles. The van der Waals surface area contributed by atoms with Crippen molar-refractivity contribution in [2.45, 2.75) is 11.8 Å². The van der Waals surface area contributed by atoms with Crippen molar-refractivity contribution in [1.82, 2.24) is 9.97 Å². The van der Waals surface area contributed by atoms with Gasteiger partial charge in [-0.2, -0.15) is 0 Å². The van der Waals surface area contributed by atoms with Crippen LogP contribution < -0.4 is 4.72 Å². The highest BCUT2D eigenvalue weighted by Crippen LogP contribution is 2.37. The number of anilines is 1. The van der Waals surface area contributed by atoms with Crippen molar-refractivity contribution < 1.29 is 8.42 Å². The van der Waals surface area contributed by atoms with Crippen molar-refractivity contribution in [1.29, 1.82) is 0 Å². The predicted octanol–water partition coefficient (Wildman–Crippen LogP) is 4.40. The molecule has 4 aromatic rings. The zero-order valence-corrected chi connectivity index (χ0v) is 15.0. The summed E-state index contributed by atoms with van der Waals surface area (Å²) in [6.07, 6.45) is 3.45. The molecule has 0 aliphatic carbocycles. The van der Waals surface area contributed by atoms with Gasteiger partial charge in [0.25, 0.3) is 10.0 Å². The maximum atomic E-state index is 12.7. The van der Waals surface area contributed by atoms with E-state index in [0.717, 1.165) is 15.8 Å². The summed E-state index contributed by atoms with van der Waals surface area (Å²) in [7, 11) is -3.66. The molecule has 5 nitrogen and oxygen atoms in total. The Kier molecular flexibility index (Phi) is 3.82. The van der Waals surface area contributed by atoms with Gasteiger partial charge in [0.1, 0.15) is 5.65 Å². The number of rotatable bonds is 4. The van der Waals surface area contributed by atoms with E-state index in [9.17, 15) is 8.42 Å². The largest absolute Gasteiger partial charge is 0.345 e.